The predicted molar refractivity (Wildman–Crippen MR) is 101 cm³/mol. The van der Waals surface area contributed by atoms with Gasteiger partial charge in [0.1, 0.15) is 0 Å². The number of hydrogen-bond acceptors (Lipinski definition) is 4. The molecule has 3 aliphatic rings. The van der Waals surface area contributed by atoms with Crippen LogP contribution in [0.15, 0.2) is 30.3 Å². The van der Waals surface area contributed by atoms with Crippen molar-refractivity contribution in [1.82, 2.24) is 5.32 Å². The molecule has 4 rings (SSSR count). The number of anilines is 1. The SMILES string of the molecule is O=C1C[C@@H](NC[C@H]2COC3(CCCCCC3)O2)CCN1c1ccccc1. The lowest BCUT2D eigenvalue weighted by molar-refractivity contribution is -0.175. The quantitative estimate of drug-likeness (QED) is 0.898. The molecule has 0 unspecified atom stereocenters. The molecule has 1 N–H and O–H groups in total. The zero-order valence-corrected chi connectivity index (χ0v) is 15.5. The topological polar surface area (TPSA) is 50.8 Å². The number of nitrogens with zero attached hydrogens (tertiary/aromatic N) is 1. The lowest BCUT2D eigenvalue weighted by atomic mass is 10.0. The Labute approximate surface area is 156 Å². The Balaban J connectivity index is 1.24. The number of amides is 1. The Kier molecular flexibility index (Phi) is 5.57. The van der Waals surface area contributed by atoms with Crippen LogP contribution in [0.25, 0.3) is 0 Å². The fourth-order valence-corrected chi connectivity index (χ4v) is 4.43. The van der Waals surface area contributed by atoms with Crippen LogP contribution in [0.1, 0.15) is 51.4 Å². The minimum absolute atomic E-state index is 0.107. The Hall–Kier alpha value is -1.43. The molecule has 2 atom stereocenters. The minimum Gasteiger partial charge on any atom is -0.347 e. The van der Waals surface area contributed by atoms with Gasteiger partial charge >= 0.3 is 0 Å². The van der Waals surface area contributed by atoms with Gasteiger partial charge in [-0.3, -0.25) is 4.79 Å². The number of hydrogen-bond donors (Lipinski definition) is 1. The number of rotatable bonds is 4. The highest BCUT2D eigenvalue weighted by atomic mass is 16.7. The summed E-state index contributed by atoms with van der Waals surface area (Å²) in [6, 6.07) is 10.2. The van der Waals surface area contributed by atoms with Gasteiger partial charge in [0.15, 0.2) is 5.79 Å². The van der Waals surface area contributed by atoms with Crippen molar-refractivity contribution in [2.45, 2.75) is 69.3 Å². The van der Waals surface area contributed by atoms with Crippen LogP contribution in [-0.4, -0.2) is 43.5 Å². The summed E-state index contributed by atoms with van der Waals surface area (Å²) in [5, 5.41) is 3.55. The Bertz CT molecular complexity index is 599. The van der Waals surface area contributed by atoms with Crippen molar-refractivity contribution in [3.63, 3.8) is 0 Å². The highest BCUT2D eigenvalue weighted by Crippen LogP contribution is 2.36. The van der Waals surface area contributed by atoms with E-state index in [0.29, 0.717) is 13.0 Å². The van der Waals surface area contributed by atoms with Gasteiger partial charge in [-0.25, -0.2) is 0 Å². The fraction of sp³-hybridized carbons (Fsp3) is 0.667. The molecule has 5 nitrogen and oxygen atoms in total. The average molecular weight is 358 g/mol. The van der Waals surface area contributed by atoms with E-state index in [0.717, 1.165) is 38.0 Å². The molecule has 0 bridgehead atoms. The van der Waals surface area contributed by atoms with Crippen LogP contribution in [0.4, 0.5) is 5.69 Å². The van der Waals surface area contributed by atoms with Gasteiger partial charge in [0.25, 0.3) is 0 Å². The van der Waals surface area contributed by atoms with Crippen LogP contribution in [0.5, 0.6) is 0 Å². The molecular weight excluding hydrogens is 328 g/mol. The molecule has 1 spiro atoms. The second-order valence-electron chi connectivity index (χ2n) is 7.85. The van der Waals surface area contributed by atoms with E-state index in [4.69, 9.17) is 9.47 Å². The first kappa shape index (κ1) is 18.0. The smallest absolute Gasteiger partial charge is 0.228 e. The van der Waals surface area contributed by atoms with Crippen LogP contribution in [-0.2, 0) is 14.3 Å². The van der Waals surface area contributed by atoms with Crippen molar-refractivity contribution < 1.29 is 14.3 Å². The number of carbonyl (C=O) groups is 1. The highest BCUT2D eigenvalue weighted by molar-refractivity contribution is 5.94. The molecule has 142 valence electrons. The van der Waals surface area contributed by atoms with Gasteiger partial charge < -0.3 is 19.7 Å². The van der Waals surface area contributed by atoms with Gasteiger partial charge in [0, 0.05) is 44.1 Å². The number of ether oxygens (including phenoxy) is 2. The third-order valence-corrected chi connectivity index (χ3v) is 5.90. The van der Waals surface area contributed by atoms with Crippen molar-refractivity contribution in [1.29, 1.82) is 0 Å². The molecule has 0 radical (unpaired) electrons. The summed E-state index contributed by atoms with van der Waals surface area (Å²) in [6.07, 6.45) is 8.66. The molecular formula is C21H30N2O3. The second-order valence-corrected chi connectivity index (χ2v) is 7.85. The maximum absolute atomic E-state index is 12.5. The first-order valence-electron chi connectivity index (χ1n) is 10.1. The van der Waals surface area contributed by atoms with E-state index in [1.807, 2.05) is 35.2 Å². The van der Waals surface area contributed by atoms with E-state index in [1.54, 1.807) is 0 Å². The lowest BCUT2D eigenvalue weighted by Crippen LogP contribution is -2.48. The summed E-state index contributed by atoms with van der Waals surface area (Å²) in [5.41, 5.74) is 0.999. The number of nitrogens with one attached hydrogen (secondary N) is 1. The second kappa shape index (κ2) is 8.07. The molecule has 1 aromatic carbocycles. The third-order valence-electron chi connectivity index (χ3n) is 5.90. The molecule has 26 heavy (non-hydrogen) atoms. The van der Waals surface area contributed by atoms with Crippen molar-refractivity contribution in [3.8, 4) is 0 Å². The maximum Gasteiger partial charge on any atom is 0.228 e. The Morgan fingerprint density at radius 2 is 1.88 bits per heavy atom. The van der Waals surface area contributed by atoms with Crippen LogP contribution >= 0.6 is 0 Å². The van der Waals surface area contributed by atoms with E-state index in [-0.39, 0.29) is 23.8 Å². The van der Waals surface area contributed by atoms with Crippen molar-refractivity contribution in [2.24, 2.45) is 0 Å². The third kappa shape index (κ3) is 4.11. The van der Waals surface area contributed by atoms with Crippen molar-refractivity contribution in [2.75, 3.05) is 24.6 Å². The van der Waals surface area contributed by atoms with Crippen LogP contribution < -0.4 is 10.2 Å². The fourth-order valence-electron chi connectivity index (χ4n) is 4.43. The number of carbonyl (C=O) groups excluding carboxylic acids is 1. The molecule has 5 heteroatoms. The standard InChI is InChI=1S/C21H30N2O3/c24-20-14-17(10-13-23(20)18-8-4-3-5-9-18)22-15-19-16-25-21(26-19)11-6-1-2-7-12-21/h3-5,8-9,17,19,22H,1-2,6-7,10-16H2/t17-,19-/m0/s1. The summed E-state index contributed by atoms with van der Waals surface area (Å²) in [4.78, 5) is 14.4. The van der Waals surface area contributed by atoms with E-state index in [9.17, 15) is 4.79 Å². The van der Waals surface area contributed by atoms with Crippen LogP contribution in [0, 0.1) is 0 Å². The summed E-state index contributed by atoms with van der Waals surface area (Å²) in [5.74, 6) is -0.126. The van der Waals surface area contributed by atoms with E-state index < -0.39 is 0 Å². The average Bonchev–Trinajstić information content (AvgIpc) is 2.92. The molecule has 0 aromatic heterocycles. The molecule has 1 amide bonds. The minimum atomic E-state index is -0.324. The molecule has 1 aromatic rings. The zero-order chi connectivity index (χ0) is 17.8. The molecule has 2 aliphatic heterocycles. The lowest BCUT2D eigenvalue weighted by Gasteiger charge is -2.33. The largest absolute Gasteiger partial charge is 0.347 e. The predicted octanol–water partition coefficient (Wildman–Crippen LogP) is 3.24. The normalized spacial score (nSPS) is 29.1. The molecule has 2 saturated heterocycles. The van der Waals surface area contributed by atoms with E-state index in [2.05, 4.69) is 5.32 Å². The Morgan fingerprint density at radius 3 is 2.62 bits per heavy atom. The maximum atomic E-state index is 12.5. The van der Waals surface area contributed by atoms with Gasteiger partial charge in [-0.15, -0.1) is 0 Å². The summed E-state index contributed by atoms with van der Waals surface area (Å²) in [6.45, 7) is 2.21. The first-order valence-corrected chi connectivity index (χ1v) is 10.1. The molecule has 3 fully saturated rings. The summed E-state index contributed by atoms with van der Waals surface area (Å²) < 4.78 is 12.4. The molecule has 1 aliphatic carbocycles. The van der Waals surface area contributed by atoms with Gasteiger partial charge in [-0.2, -0.15) is 0 Å². The first-order chi connectivity index (χ1) is 12.7. The molecule has 2 heterocycles. The van der Waals surface area contributed by atoms with Gasteiger partial charge in [-0.05, 0) is 31.4 Å². The van der Waals surface area contributed by atoms with E-state index >= 15 is 0 Å². The van der Waals surface area contributed by atoms with Gasteiger partial charge in [0.05, 0.1) is 12.7 Å². The van der Waals surface area contributed by atoms with Crippen LogP contribution in [0.3, 0.4) is 0 Å². The van der Waals surface area contributed by atoms with Gasteiger partial charge in [0.2, 0.25) is 5.91 Å². The number of piperidine rings is 1. The zero-order valence-electron chi connectivity index (χ0n) is 15.5. The highest BCUT2D eigenvalue weighted by Gasteiger charge is 2.41. The summed E-state index contributed by atoms with van der Waals surface area (Å²) in [7, 11) is 0. The Morgan fingerprint density at radius 1 is 1.12 bits per heavy atom. The van der Waals surface area contributed by atoms with E-state index in [1.165, 1.54) is 25.7 Å². The van der Waals surface area contributed by atoms with Crippen molar-refractivity contribution >= 4 is 11.6 Å². The van der Waals surface area contributed by atoms with Gasteiger partial charge in [-0.1, -0.05) is 31.0 Å². The van der Waals surface area contributed by atoms with Crippen molar-refractivity contribution in [3.05, 3.63) is 30.3 Å². The monoisotopic (exact) mass is 358 g/mol. The molecule has 1 saturated carbocycles. The van der Waals surface area contributed by atoms with Crippen LogP contribution in [0.2, 0.25) is 0 Å². The number of para-hydroxylation sites is 1. The summed E-state index contributed by atoms with van der Waals surface area (Å²) >= 11 is 0. The number of benzene rings is 1.